The van der Waals surface area contributed by atoms with Gasteiger partial charge in [0.1, 0.15) is 4.90 Å². The molecule has 0 spiro atoms. The lowest BCUT2D eigenvalue weighted by Gasteiger charge is -2.23. The van der Waals surface area contributed by atoms with E-state index in [1.165, 1.54) is 23.5 Å². The molecule has 0 bridgehead atoms. The van der Waals surface area contributed by atoms with Crippen LogP contribution in [0.4, 0.5) is 5.69 Å². The standard InChI is InChI=1S/C20H24ClN3O3S.ClH/c1-22-11-6-12-24(14-13-22)20(25)16-9-10-18(21)19(15-16)28(26,27)23(2)17-7-4-3-5-8-17;/h3-5,7-10,15H,6,11-14H2,1-2H3;1H. The molecule has 0 aromatic heterocycles. The Balaban J connectivity index is 0.00000300. The molecule has 1 saturated heterocycles. The summed E-state index contributed by atoms with van der Waals surface area (Å²) >= 11 is 6.21. The van der Waals surface area contributed by atoms with Crippen LogP contribution in [0.15, 0.2) is 53.4 Å². The number of carbonyl (C=O) groups is 1. The number of anilines is 1. The number of rotatable bonds is 4. The lowest BCUT2D eigenvalue weighted by molar-refractivity contribution is 0.0762. The van der Waals surface area contributed by atoms with Gasteiger partial charge in [0.15, 0.2) is 0 Å². The zero-order valence-electron chi connectivity index (χ0n) is 16.4. The average Bonchev–Trinajstić information content (AvgIpc) is 2.92. The lowest BCUT2D eigenvalue weighted by atomic mass is 10.2. The molecule has 0 radical (unpaired) electrons. The van der Waals surface area contributed by atoms with E-state index < -0.39 is 10.0 Å². The van der Waals surface area contributed by atoms with Crippen LogP contribution in [0.3, 0.4) is 0 Å². The third-order valence-corrected chi connectivity index (χ3v) is 7.21. The van der Waals surface area contributed by atoms with E-state index in [2.05, 4.69) is 4.90 Å². The summed E-state index contributed by atoms with van der Waals surface area (Å²) in [6.45, 7) is 2.99. The van der Waals surface area contributed by atoms with Crippen LogP contribution in [-0.4, -0.2) is 64.4 Å². The van der Waals surface area contributed by atoms with E-state index in [-0.39, 0.29) is 28.2 Å². The molecular weight excluding hydrogens is 433 g/mol. The van der Waals surface area contributed by atoms with Gasteiger partial charge in [0.2, 0.25) is 0 Å². The molecule has 0 N–H and O–H groups in total. The van der Waals surface area contributed by atoms with Crippen molar-refractivity contribution in [1.82, 2.24) is 9.80 Å². The zero-order chi connectivity index (χ0) is 20.3. The summed E-state index contributed by atoms with van der Waals surface area (Å²) in [7, 11) is -0.403. The summed E-state index contributed by atoms with van der Waals surface area (Å²) in [6.07, 6.45) is 0.887. The number of hydrogen-bond acceptors (Lipinski definition) is 4. The number of halogens is 2. The van der Waals surface area contributed by atoms with E-state index in [9.17, 15) is 13.2 Å². The molecule has 1 fully saturated rings. The maximum Gasteiger partial charge on any atom is 0.265 e. The molecular formula is C20H25Cl2N3O3S. The van der Waals surface area contributed by atoms with Gasteiger partial charge in [0.05, 0.1) is 10.7 Å². The fourth-order valence-corrected chi connectivity index (χ4v) is 4.89. The second kappa shape index (κ2) is 9.80. The third kappa shape index (κ3) is 5.22. The van der Waals surface area contributed by atoms with Crippen LogP contribution in [0.1, 0.15) is 16.8 Å². The summed E-state index contributed by atoms with van der Waals surface area (Å²) in [5.41, 5.74) is 0.847. The van der Waals surface area contributed by atoms with Gasteiger partial charge in [-0.3, -0.25) is 9.10 Å². The van der Waals surface area contributed by atoms with Crippen LogP contribution in [-0.2, 0) is 10.0 Å². The first-order chi connectivity index (χ1) is 13.3. The molecule has 29 heavy (non-hydrogen) atoms. The minimum absolute atomic E-state index is 0. The average molecular weight is 458 g/mol. The second-order valence-electron chi connectivity index (χ2n) is 6.90. The van der Waals surface area contributed by atoms with E-state index >= 15 is 0 Å². The number of para-hydroxylation sites is 1. The van der Waals surface area contributed by atoms with Gasteiger partial charge in [0, 0.05) is 32.2 Å². The Morgan fingerprint density at radius 1 is 1.03 bits per heavy atom. The fraction of sp³-hybridized carbons (Fsp3) is 0.350. The quantitative estimate of drug-likeness (QED) is 0.705. The monoisotopic (exact) mass is 457 g/mol. The Morgan fingerprint density at radius 3 is 2.41 bits per heavy atom. The topological polar surface area (TPSA) is 60.9 Å². The first-order valence-electron chi connectivity index (χ1n) is 9.12. The van der Waals surface area contributed by atoms with Crippen molar-refractivity contribution >= 4 is 45.6 Å². The first-order valence-corrected chi connectivity index (χ1v) is 10.9. The number of carbonyl (C=O) groups excluding carboxylic acids is 1. The molecule has 0 atom stereocenters. The predicted octanol–water partition coefficient (Wildman–Crippen LogP) is 3.36. The van der Waals surface area contributed by atoms with E-state index in [0.29, 0.717) is 24.3 Å². The number of sulfonamides is 1. The Kier molecular flexibility index (Phi) is 7.94. The van der Waals surface area contributed by atoms with Crippen LogP contribution < -0.4 is 4.31 Å². The highest BCUT2D eigenvalue weighted by Gasteiger charge is 2.27. The molecule has 0 saturated carbocycles. The van der Waals surface area contributed by atoms with E-state index in [4.69, 9.17) is 11.6 Å². The van der Waals surface area contributed by atoms with Crippen molar-refractivity contribution in [3.8, 4) is 0 Å². The summed E-state index contributed by atoms with van der Waals surface area (Å²) in [6, 6.07) is 13.2. The Labute approximate surface area is 183 Å². The maximum absolute atomic E-state index is 13.1. The van der Waals surface area contributed by atoms with E-state index in [1.54, 1.807) is 35.2 Å². The molecule has 1 heterocycles. The van der Waals surface area contributed by atoms with Gasteiger partial charge in [-0.05, 0) is 50.3 Å². The van der Waals surface area contributed by atoms with Gasteiger partial charge in [-0.25, -0.2) is 8.42 Å². The molecule has 158 valence electrons. The Hall–Kier alpha value is -1.80. The summed E-state index contributed by atoms with van der Waals surface area (Å²) in [4.78, 5) is 16.8. The number of hydrogen-bond donors (Lipinski definition) is 0. The second-order valence-corrected chi connectivity index (χ2v) is 9.25. The highest BCUT2D eigenvalue weighted by Crippen LogP contribution is 2.28. The van der Waals surface area contributed by atoms with Crippen molar-refractivity contribution < 1.29 is 13.2 Å². The third-order valence-electron chi connectivity index (χ3n) is 4.94. The summed E-state index contributed by atoms with van der Waals surface area (Å²) in [5, 5.41) is 0.0925. The SMILES string of the molecule is CN1CCCN(C(=O)c2ccc(Cl)c(S(=O)(=O)N(C)c3ccccc3)c2)CC1.Cl. The molecule has 3 rings (SSSR count). The lowest BCUT2D eigenvalue weighted by Crippen LogP contribution is -2.34. The number of nitrogens with zero attached hydrogens (tertiary/aromatic N) is 3. The maximum atomic E-state index is 13.1. The summed E-state index contributed by atoms with van der Waals surface area (Å²) < 4.78 is 27.4. The van der Waals surface area contributed by atoms with Crippen molar-refractivity contribution in [2.75, 3.05) is 44.6 Å². The van der Waals surface area contributed by atoms with Gasteiger partial charge < -0.3 is 9.80 Å². The predicted molar refractivity (Wildman–Crippen MR) is 119 cm³/mol. The largest absolute Gasteiger partial charge is 0.337 e. The highest BCUT2D eigenvalue weighted by atomic mass is 35.5. The smallest absolute Gasteiger partial charge is 0.265 e. The van der Waals surface area contributed by atoms with Gasteiger partial charge in [-0.1, -0.05) is 29.8 Å². The molecule has 0 unspecified atom stereocenters. The van der Waals surface area contributed by atoms with Gasteiger partial charge in [0.25, 0.3) is 15.9 Å². The molecule has 0 aliphatic carbocycles. The number of likely N-dealkylation sites (N-methyl/N-ethyl adjacent to an activating group) is 1. The molecule has 6 nitrogen and oxygen atoms in total. The normalized spacial score (nSPS) is 15.3. The van der Waals surface area contributed by atoms with E-state index in [1.807, 2.05) is 13.1 Å². The molecule has 2 aromatic carbocycles. The Bertz CT molecular complexity index is 955. The number of amides is 1. The molecule has 1 amide bonds. The minimum atomic E-state index is -3.90. The zero-order valence-corrected chi connectivity index (χ0v) is 18.8. The van der Waals surface area contributed by atoms with Crippen LogP contribution in [0, 0.1) is 0 Å². The van der Waals surface area contributed by atoms with Crippen LogP contribution in [0.25, 0.3) is 0 Å². The first kappa shape index (κ1) is 23.5. The fourth-order valence-electron chi connectivity index (χ4n) is 3.19. The van der Waals surface area contributed by atoms with Crippen LogP contribution in [0.2, 0.25) is 5.02 Å². The molecule has 1 aliphatic rings. The highest BCUT2D eigenvalue weighted by molar-refractivity contribution is 7.93. The molecule has 9 heteroatoms. The van der Waals surface area contributed by atoms with Crippen molar-refractivity contribution in [1.29, 1.82) is 0 Å². The van der Waals surface area contributed by atoms with Crippen molar-refractivity contribution in [2.24, 2.45) is 0 Å². The Morgan fingerprint density at radius 2 is 1.72 bits per heavy atom. The number of benzene rings is 2. The summed E-state index contributed by atoms with van der Waals surface area (Å²) in [5.74, 6) is -0.175. The van der Waals surface area contributed by atoms with Crippen molar-refractivity contribution in [3.05, 3.63) is 59.1 Å². The van der Waals surface area contributed by atoms with Gasteiger partial charge in [-0.15, -0.1) is 12.4 Å². The van der Waals surface area contributed by atoms with Crippen molar-refractivity contribution in [3.63, 3.8) is 0 Å². The van der Waals surface area contributed by atoms with Crippen LogP contribution >= 0.6 is 24.0 Å². The van der Waals surface area contributed by atoms with Crippen LogP contribution in [0.5, 0.6) is 0 Å². The van der Waals surface area contributed by atoms with Crippen molar-refractivity contribution in [2.45, 2.75) is 11.3 Å². The van der Waals surface area contributed by atoms with Gasteiger partial charge >= 0.3 is 0 Å². The van der Waals surface area contributed by atoms with Gasteiger partial charge in [-0.2, -0.15) is 0 Å². The van der Waals surface area contributed by atoms with E-state index in [0.717, 1.165) is 19.5 Å². The molecule has 1 aliphatic heterocycles. The minimum Gasteiger partial charge on any atom is -0.337 e. The molecule has 2 aromatic rings.